The lowest BCUT2D eigenvalue weighted by atomic mass is 10.2. The Kier molecular flexibility index (Phi) is 6.34. The molecule has 2 nitrogen and oxygen atoms in total. The van der Waals surface area contributed by atoms with Crippen LogP contribution in [0.25, 0.3) is 0 Å². The lowest BCUT2D eigenvalue weighted by Crippen LogP contribution is -2.04. The van der Waals surface area contributed by atoms with Crippen LogP contribution in [0.3, 0.4) is 0 Å². The van der Waals surface area contributed by atoms with Crippen LogP contribution in [-0.2, 0) is 6.54 Å². The first-order chi connectivity index (χ1) is 7.76. The van der Waals surface area contributed by atoms with Gasteiger partial charge >= 0.3 is 0 Å². The molecule has 0 aliphatic rings. The van der Waals surface area contributed by atoms with Crippen LogP contribution in [0.2, 0.25) is 0 Å². The van der Waals surface area contributed by atoms with E-state index >= 15 is 0 Å². The molecule has 1 rings (SSSR count). The second-order valence-corrected chi connectivity index (χ2v) is 5.34. The van der Waals surface area contributed by atoms with Crippen molar-refractivity contribution in [3.8, 4) is 5.75 Å². The highest BCUT2D eigenvalue weighted by Gasteiger charge is 1.99. The largest absolute Gasteiger partial charge is 0.493 e. The standard InChI is InChI=1S/C13H21NOS/c1-3-11(2)16-8-7-15-13-6-4-5-12(9-13)10-14/h4-6,9,11H,3,7-8,10,14H2,1-2H3. The van der Waals surface area contributed by atoms with Crippen molar-refractivity contribution < 1.29 is 4.74 Å². The first-order valence-corrected chi connectivity index (χ1v) is 6.84. The number of ether oxygens (including phenoxy) is 1. The molecule has 90 valence electrons. The molecule has 0 heterocycles. The molecule has 0 saturated carbocycles. The molecule has 0 spiro atoms. The zero-order valence-electron chi connectivity index (χ0n) is 10.1. The minimum atomic E-state index is 0.568. The highest BCUT2D eigenvalue weighted by atomic mass is 32.2. The second-order valence-electron chi connectivity index (χ2n) is 3.79. The molecule has 2 N–H and O–H groups in total. The van der Waals surface area contributed by atoms with Crippen molar-refractivity contribution in [2.24, 2.45) is 5.73 Å². The van der Waals surface area contributed by atoms with Gasteiger partial charge in [0.25, 0.3) is 0 Å². The van der Waals surface area contributed by atoms with Gasteiger partial charge in [0.2, 0.25) is 0 Å². The van der Waals surface area contributed by atoms with Crippen LogP contribution in [0.4, 0.5) is 0 Å². The molecule has 0 amide bonds. The van der Waals surface area contributed by atoms with Crippen LogP contribution in [0.1, 0.15) is 25.8 Å². The van der Waals surface area contributed by atoms with Crippen molar-refractivity contribution >= 4 is 11.8 Å². The Labute approximate surface area is 103 Å². The summed E-state index contributed by atoms with van der Waals surface area (Å²) < 4.78 is 5.67. The quantitative estimate of drug-likeness (QED) is 0.743. The van der Waals surface area contributed by atoms with Gasteiger partial charge in [-0.05, 0) is 24.1 Å². The van der Waals surface area contributed by atoms with Gasteiger partial charge in [-0.1, -0.05) is 26.0 Å². The van der Waals surface area contributed by atoms with Gasteiger partial charge in [-0.2, -0.15) is 11.8 Å². The molecule has 0 aliphatic carbocycles. The zero-order chi connectivity index (χ0) is 11.8. The predicted octanol–water partition coefficient (Wildman–Crippen LogP) is 3.06. The van der Waals surface area contributed by atoms with Gasteiger partial charge < -0.3 is 10.5 Å². The Morgan fingerprint density at radius 3 is 2.94 bits per heavy atom. The van der Waals surface area contributed by atoms with Crippen LogP contribution >= 0.6 is 11.8 Å². The van der Waals surface area contributed by atoms with Gasteiger partial charge in [-0.15, -0.1) is 0 Å². The van der Waals surface area contributed by atoms with Crippen molar-refractivity contribution in [1.29, 1.82) is 0 Å². The topological polar surface area (TPSA) is 35.2 Å². The second kappa shape index (κ2) is 7.58. The molecule has 1 aromatic carbocycles. The monoisotopic (exact) mass is 239 g/mol. The SMILES string of the molecule is CCC(C)SCCOc1cccc(CN)c1. The third-order valence-electron chi connectivity index (χ3n) is 2.46. The summed E-state index contributed by atoms with van der Waals surface area (Å²) in [6.45, 7) is 5.80. The van der Waals surface area contributed by atoms with Crippen LogP contribution < -0.4 is 10.5 Å². The molecule has 1 aromatic rings. The van der Waals surface area contributed by atoms with Crippen molar-refractivity contribution in [3.05, 3.63) is 29.8 Å². The van der Waals surface area contributed by atoms with E-state index in [0.29, 0.717) is 6.54 Å². The van der Waals surface area contributed by atoms with Gasteiger partial charge in [0.1, 0.15) is 5.75 Å². The number of hydrogen-bond donors (Lipinski definition) is 1. The van der Waals surface area contributed by atoms with E-state index in [4.69, 9.17) is 10.5 Å². The van der Waals surface area contributed by atoms with Crippen molar-refractivity contribution in [2.75, 3.05) is 12.4 Å². The Morgan fingerprint density at radius 1 is 1.44 bits per heavy atom. The van der Waals surface area contributed by atoms with E-state index < -0.39 is 0 Å². The summed E-state index contributed by atoms with van der Waals surface area (Å²) in [6, 6.07) is 7.99. The van der Waals surface area contributed by atoms with Crippen molar-refractivity contribution in [2.45, 2.75) is 32.1 Å². The van der Waals surface area contributed by atoms with Gasteiger partial charge in [0, 0.05) is 17.5 Å². The average molecular weight is 239 g/mol. The van der Waals surface area contributed by atoms with Gasteiger partial charge in [0.05, 0.1) is 6.61 Å². The number of rotatable bonds is 7. The lowest BCUT2D eigenvalue weighted by molar-refractivity contribution is 0.343. The third kappa shape index (κ3) is 4.90. The van der Waals surface area contributed by atoms with E-state index in [2.05, 4.69) is 13.8 Å². The van der Waals surface area contributed by atoms with Crippen LogP contribution in [0.5, 0.6) is 5.75 Å². The molecule has 0 bridgehead atoms. The van der Waals surface area contributed by atoms with E-state index in [9.17, 15) is 0 Å². The molecule has 0 aliphatic heterocycles. The Morgan fingerprint density at radius 2 is 2.25 bits per heavy atom. The fourth-order valence-electron chi connectivity index (χ4n) is 1.29. The molecule has 3 heteroatoms. The Hall–Kier alpha value is -0.670. The van der Waals surface area contributed by atoms with Crippen molar-refractivity contribution in [3.63, 3.8) is 0 Å². The molecular weight excluding hydrogens is 218 g/mol. The molecule has 16 heavy (non-hydrogen) atoms. The Bertz CT molecular complexity index is 304. The minimum Gasteiger partial charge on any atom is -0.493 e. The molecule has 0 aromatic heterocycles. The minimum absolute atomic E-state index is 0.568. The fraction of sp³-hybridized carbons (Fsp3) is 0.538. The van der Waals surface area contributed by atoms with E-state index in [0.717, 1.165) is 28.9 Å². The molecule has 0 radical (unpaired) electrons. The molecular formula is C13H21NOS. The van der Waals surface area contributed by atoms with Crippen LogP contribution in [0, 0.1) is 0 Å². The van der Waals surface area contributed by atoms with E-state index in [-0.39, 0.29) is 0 Å². The van der Waals surface area contributed by atoms with Crippen LogP contribution in [-0.4, -0.2) is 17.6 Å². The molecule has 0 saturated heterocycles. The Balaban J connectivity index is 2.26. The highest BCUT2D eigenvalue weighted by Crippen LogP contribution is 2.16. The number of benzene rings is 1. The summed E-state index contributed by atoms with van der Waals surface area (Å²) >= 11 is 1.96. The van der Waals surface area contributed by atoms with Crippen molar-refractivity contribution in [1.82, 2.24) is 0 Å². The predicted molar refractivity (Wildman–Crippen MR) is 72.0 cm³/mol. The average Bonchev–Trinajstić information content (AvgIpc) is 2.34. The van der Waals surface area contributed by atoms with Crippen LogP contribution in [0.15, 0.2) is 24.3 Å². The maximum absolute atomic E-state index is 5.67. The van der Waals surface area contributed by atoms with E-state index in [1.807, 2.05) is 36.0 Å². The maximum Gasteiger partial charge on any atom is 0.119 e. The first-order valence-electron chi connectivity index (χ1n) is 5.79. The van der Waals surface area contributed by atoms with E-state index in [1.54, 1.807) is 0 Å². The summed E-state index contributed by atoms with van der Waals surface area (Å²) in [5.74, 6) is 1.97. The van der Waals surface area contributed by atoms with E-state index in [1.165, 1.54) is 6.42 Å². The summed E-state index contributed by atoms with van der Waals surface area (Å²) in [7, 11) is 0. The fourth-order valence-corrected chi connectivity index (χ4v) is 2.11. The molecule has 0 fully saturated rings. The number of nitrogens with two attached hydrogens (primary N) is 1. The lowest BCUT2D eigenvalue weighted by Gasteiger charge is -2.10. The number of thioether (sulfide) groups is 1. The third-order valence-corrected chi connectivity index (χ3v) is 3.77. The van der Waals surface area contributed by atoms with Gasteiger partial charge in [0.15, 0.2) is 0 Å². The molecule has 1 atom stereocenters. The smallest absolute Gasteiger partial charge is 0.119 e. The summed E-state index contributed by atoms with van der Waals surface area (Å²) in [6.07, 6.45) is 1.22. The first kappa shape index (κ1) is 13.4. The maximum atomic E-state index is 5.67. The summed E-state index contributed by atoms with van der Waals surface area (Å²) in [4.78, 5) is 0. The van der Waals surface area contributed by atoms with Gasteiger partial charge in [-0.3, -0.25) is 0 Å². The van der Waals surface area contributed by atoms with Gasteiger partial charge in [-0.25, -0.2) is 0 Å². The normalized spacial score (nSPS) is 12.4. The zero-order valence-corrected chi connectivity index (χ0v) is 10.9. The highest BCUT2D eigenvalue weighted by molar-refractivity contribution is 7.99. The summed E-state index contributed by atoms with van der Waals surface area (Å²) in [5.41, 5.74) is 6.69. The molecule has 1 unspecified atom stereocenters. The summed E-state index contributed by atoms with van der Waals surface area (Å²) in [5, 5.41) is 0.721. The number of hydrogen-bond acceptors (Lipinski definition) is 3.